The summed E-state index contributed by atoms with van der Waals surface area (Å²) >= 11 is 11.4. The summed E-state index contributed by atoms with van der Waals surface area (Å²) in [4.78, 5) is 71.5. The van der Waals surface area contributed by atoms with Crippen LogP contribution >= 0.6 is 136 Å². The fraction of sp³-hybridized carbons (Fsp3) is 0.308. The molecule has 2 aromatic rings. The van der Waals surface area contributed by atoms with Crippen molar-refractivity contribution in [3.63, 3.8) is 0 Å². The molecule has 0 heterocycles. The van der Waals surface area contributed by atoms with Crippen LogP contribution in [0.4, 0.5) is 21.0 Å². The first-order valence-corrected chi connectivity index (χ1v) is 19.3. The molecule has 0 saturated carbocycles. The van der Waals surface area contributed by atoms with E-state index in [9.17, 15) is 39.0 Å². The molecule has 4 amide bonds. The van der Waals surface area contributed by atoms with Crippen LogP contribution in [0.3, 0.4) is 0 Å². The van der Waals surface area contributed by atoms with Crippen molar-refractivity contribution in [2.24, 2.45) is 0 Å². The number of benzene rings is 2. The summed E-state index contributed by atoms with van der Waals surface area (Å²) in [6.45, 7) is 2.24. The van der Waals surface area contributed by atoms with Crippen molar-refractivity contribution in [2.45, 2.75) is 26.9 Å². The molecule has 0 saturated heterocycles. The Morgan fingerprint density at radius 3 is 1.19 bits per heavy atom. The van der Waals surface area contributed by atoms with Crippen molar-refractivity contribution in [3.8, 4) is 0 Å². The van der Waals surface area contributed by atoms with E-state index in [4.69, 9.17) is 14.2 Å². The van der Waals surface area contributed by atoms with Crippen molar-refractivity contribution in [3.05, 3.63) is 43.7 Å². The third kappa shape index (κ3) is 12.2. The predicted molar refractivity (Wildman–Crippen MR) is 219 cm³/mol. The summed E-state index contributed by atoms with van der Waals surface area (Å²) in [5.41, 5.74) is 1.69. The number of rotatable bonds is 14. The minimum absolute atomic E-state index is 0.00419. The van der Waals surface area contributed by atoms with E-state index < -0.39 is 24.1 Å². The molecule has 0 unspecified atom stereocenters. The smallest absolute Gasteiger partial charge is 0.407 e. The molecule has 2 rings (SSSR count). The Balaban J connectivity index is 1.82. The minimum atomic E-state index is -1.17. The van der Waals surface area contributed by atoms with Crippen molar-refractivity contribution < 1.29 is 53.2 Å². The Morgan fingerprint density at radius 1 is 0.553 bits per heavy atom. The molecule has 256 valence electrons. The highest BCUT2D eigenvalue weighted by molar-refractivity contribution is 14.1. The Bertz CT molecular complexity index is 1490. The Morgan fingerprint density at radius 2 is 0.894 bits per heavy atom. The van der Waals surface area contributed by atoms with Gasteiger partial charge in [-0.25, -0.2) is 19.2 Å². The molecule has 15 nitrogen and oxygen atoms in total. The molecular formula is C26H24I6N4O11. The number of halogens is 6. The van der Waals surface area contributed by atoms with E-state index in [-0.39, 0.29) is 62.5 Å². The number of carbonyl (C=O) groups is 6. The lowest BCUT2D eigenvalue weighted by atomic mass is 10.1. The third-order valence-electron chi connectivity index (χ3n) is 5.59. The van der Waals surface area contributed by atoms with Gasteiger partial charge in [-0.05, 0) is 136 Å². The fourth-order valence-corrected chi connectivity index (χ4v) is 12.2. The number of nitrogens with one attached hydrogen (secondary N) is 4. The predicted octanol–water partition coefficient (Wildman–Crippen LogP) is 5.80. The number of hydrogen-bond donors (Lipinski definition) is 6. The normalized spacial score (nSPS) is 10.6. The molecule has 0 fully saturated rings. The fourth-order valence-electron chi connectivity index (χ4n) is 3.60. The number of aromatic carboxylic acids is 2. The summed E-state index contributed by atoms with van der Waals surface area (Å²) in [5.74, 6) is -3.09. The van der Waals surface area contributed by atoms with Gasteiger partial charge < -0.3 is 45.7 Å². The van der Waals surface area contributed by atoms with Gasteiger partial charge in [0.2, 0.25) is 11.8 Å². The zero-order chi connectivity index (χ0) is 35.6. The van der Waals surface area contributed by atoms with Crippen LogP contribution in [0.1, 0.15) is 45.7 Å². The van der Waals surface area contributed by atoms with Crippen molar-refractivity contribution in [2.75, 3.05) is 37.1 Å². The van der Waals surface area contributed by atoms with Crippen LogP contribution < -0.4 is 21.3 Å². The van der Waals surface area contributed by atoms with E-state index in [0.29, 0.717) is 43.9 Å². The average Bonchev–Trinajstić information content (AvgIpc) is 2.96. The maximum absolute atomic E-state index is 12.2. The van der Waals surface area contributed by atoms with Gasteiger partial charge >= 0.3 is 24.1 Å². The van der Waals surface area contributed by atoms with E-state index in [1.807, 2.05) is 136 Å². The van der Waals surface area contributed by atoms with Gasteiger partial charge in [0, 0.05) is 52.3 Å². The minimum Gasteiger partial charge on any atom is -0.478 e. The van der Waals surface area contributed by atoms with Crippen molar-refractivity contribution >= 4 is 183 Å². The number of amides is 4. The van der Waals surface area contributed by atoms with Crippen LogP contribution in [0.25, 0.3) is 0 Å². The quantitative estimate of drug-likeness (QED) is 0.0982. The van der Waals surface area contributed by atoms with E-state index >= 15 is 0 Å². The van der Waals surface area contributed by atoms with Crippen LogP contribution in [0, 0.1) is 21.4 Å². The molecule has 2 aromatic carbocycles. The topological polar surface area (TPSA) is 219 Å². The van der Waals surface area contributed by atoms with Gasteiger partial charge in [-0.15, -0.1) is 0 Å². The van der Waals surface area contributed by atoms with E-state index in [2.05, 4.69) is 21.3 Å². The first-order valence-electron chi connectivity index (χ1n) is 12.8. The molecule has 0 radical (unpaired) electrons. The molecule has 0 spiro atoms. The Hall–Kier alpha value is -0.800. The molecule has 0 aromatic heterocycles. The molecule has 0 atom stereocenters. The van der Waals surface area contributed by atoms with Crippen LogP contribution in [-0.2, 0) is 36.9 Å². The molecule has 6 N–H and O–H groups in total. The van der Waals surface area contributed by atoms with E-state index in [0.717, 1.165) is 0 Å². The maximum Gasteiger partial charge on any atom is 0.407 e. The van der Waals surface area contributed by atoms with Crippen LogP contribution in [0.2, 0.25) is 0 Å². The van der Waals surface area contributed by atoms with E-state index in [1.165, 1.54) is 13.8 Å². The molecule has 0 bridgehead atoms. The first-order chi connectivity index (χ1) is 22.0. The van der Waals surface area contributed by atoms with Gasteiger partial charge in [0.25, 0.3) is 0 Å². The third-order valence-corrected chi connectivity index (χ3v) is 12.5. The SMILES string of the molecule is CC(=O)Nc1c(I)c(CNC(=O)OCCOCCOC(=O)NCc2c(I)c(NC(C)=O)c(I)c(C(=O)O)c2I)c(I)c(C(=O)O)c1I. The molecule has 47 heavy (non-hydrogen) atoms. The first kappa shape index (κ1) is 42.4. The number of anilines is 2. The lowest BCUT2D eigenvalue weighted by molar-refractivity contribution is -0.115. The van der Waals surface area contributed by atoms with Crippen LogP contribution in [0.5, 0.6) is 0 Å². The Labute approximate surface area is 349 Å². The number of alkyl carbamates (subject to hydrolysis) is 2. The second-order valence-corrected chi connectivity index (χ2v) is 15.4. The highest BCUT2D eigenvalue weighted by Gasteiger charge is 2.26. The number of carboxylic acids is 2. The summed E-state index contributed by atoms with van der Waals surface area (Å²) < 4.78 is 18.2. The highest BCUT2D eigenvalue weighted by Crippen LogP contribution is 2.37. The second-order valence-electron chi connectivity index (χ2n) is 8.90. The van der Waals surface area contributed by atoms with Gasteiger partial charge in [0.1, 0.15) is 13.2 Å². The summed E-state index contributed by atoms with van der Waals surface area (Å²) in [6.07, 6.45) is -1.56. The Kier molecular flexibility index (Phi) is 18.2. The molecular weight excluding hydrogens is 1310 g/mol. The second kappa shape index (κ2) is 20.1. The monoisotopic (exact) mass is 1330 g/mol. The molecule has 0 aliphatic rings. The van der Waals surface area contributed by atoms with Gasteiger partial charge in [0.15, 0.2) is 0 Å². The van der Waals surface area contributed by atoms with Gasteiger partial charge in [-0.2, -0.15) is 0 Å². The zero-order valence-corrected chi connectivity index (χ0v) is 37.0. The van der Waals surface area contributed by atoms with Crippen LogP contribution in [0.15, 0.2) is 0 Å². The lowest BCUT2D eigenvalue weighted by Crippen LogP contribution is -2.28. The number of ether oxygens (including phenoxy) is 3. The van der Waals surface area contributed by atoms with Crippen molar-refractivity contribution in [1.29, 1.82) is 0 Å². The standard InChI is InChI=1S/C26H24I6N4O11/c1-9(37)35-21-17(29)11(15(27)13(19(21)31)23(39)40)7-33-25(43)46-5-3-45-4-6-47-26(44)34-8-12-16(28)14(24(41)42)20(32)22(18(12)30)36-10(2)38/h3-8H2,1-2H3,(H,33,43)(H,34,44)(H,35,37)(H,36,38)(H,39,40)(H,41,42). The summed E-state index contributed by atoms with van der Waals surface area (Å²) in [6, 6.07) is 0. The zero-order valence-electron chi connectivity index (χ0n) is 24.1. The maximum atomic E-state index is 12.2. The van der Waals surface area contributed by atoms with Gasteiger partial charge in [0.05, 0.1) is 42.9 Å². The summed E-state index contributed by atoms with van der Waals surface area (Å²) in [5, 5.41) is 29.8. The molecule has 0 aliphatic carbocycles. The van der Waals surface area contributed by atoms with E-state index in [1.54, 1.807) is 0 Å². The van der Waals surface area contributed by atoms with Gasteiger partial charge in [-0.3, -0.25) is 9.59 Å². The average molecular weight is 1330 g/mol. The summed E-state index contributed by atoms with van der Waals surface area (Å²) in [7, 11) is 0. The van der Waals surface area contributed by atoms with Gasteiger partial charge in [-0.1, -0.05) is 0 Å². The van der Waals surface area contributed by atoms with Crippen molar-refractivity contribution in [1.82, 2.24) is 10.6 Å². The largest absolute Gasteiger partial charge is 0.478 e. The molecule has 0 aliphatic heterocycles. The number of carbonyl (C=O) groups excluding carboxylic acids is 4. The number of carboxylic acid groups (broad SMARTS) is 2. The number of hydrogen-bond acceptors (Lipinski definition) is 9. The lowest BCUT2D eigenvalue weighted by Gasteiger charge is -2.18. The highest BCUT2D eigenvalue weighted by atomic mass is 127. The van der Waals surface area contributed by atoms with Crippen LogP contribution in [-0.4, -0.2) is 72.6 Å². The molecule has 21 heteroatoms.